The number of piperazine rings is 1. The molecule has 0 spiro atoms. The van der Waals surface area contributed by atoms with Crippen molar-refractivity contribution < 1.29 is 14.4 Å². The Hall–Kier alpha value is -2.51. The van der Waals surface area contributed by atoms with Crippen LogP contribution < -0.4 is 0 Å². The number of hydrogen-bond donors (Lipinski definition) is 0. The molecule has 2 unspecified atom stereocenters. The van der Waals surface area contributed by atoms with Gasteiger partial charge in [-0.2, -0.15) is 0 Å². The Morgan fingerprint density at radius 3 is 2.24 bits per heavy atom. The summed E-state index contributed by atoms with van der Waals surface area (Å²) in [6.07, 6.45) is 3.75. The molecule has 2 saturated heterocycles. The van der Waals surface area contributed by atoms with Crippen molar-refractivity contribution >= 4 is 41.1 Å². The summed E-state index contributed by atoms with van der Waals surface area (Å²) >= 11 is 7.74. The van der Waals surface area contributed by atoms with E-state index in [4.69, 9.17) is 11.6 Å². The minimum absolute atomic E-state index is 0.0180. The van der Waals surface area contributed by atoms with Gasteiger partial charge in [0, 0.05) is 49.1 Å². The summed E-state index contributed by atoms with van der Waals surface area (Å²) in [6.45, 7) is 4.70. The zero-order valence-corrected chi connectivity index (χ0v) is 22.8. The molecule has 1 saturated carbocycles. The summed E-state index contributed by atoms with van der Waals surface area (Å²) in [6, 6.07) is 17.1. The molecule has 3 amide bonds. The van der Waals surface area contributed by atoms with Crippen LogP contribution >= 0.6 is 23.4 Å². The first kappa shape index (κ1) is 26.1. The minimum atomic E-state index is -1.00. The van der Waals surface area contributed by atoms with Gasteiger partial charge in [-0.25, -0.2) is 0 Å². The highest BCUT2D eigenvalue weighted by Crippen LogP contribution is 2.54. The van der Waals surface area contributed by atoms with Gasteiger partial charge in [0.25, 0.3) is 0 Å². The Balaban J connectivity index is 1.51. The van der Waals surface area contributed by atoms with Crippen LogP contribution in [-0.2, 0) is 14.4 Å². The molecule has 2 aromatic rings. The number of benzene rings is 2. The normalized spacial score (nSPS) is 24.0. The summed E-state index contributed by atoms with van der Waals surface area (Å²) in [5.41, 5.74) is 0.935. The van der Waals surface area contributed by atoms with Gasteiger partial charge < -0.3 is 14.7 Å². The van der Waals surface area contributed by atoms with E-state index in [0.29, 0.717) is 50.1 Å². The van der Waals surface area contributed by atoms with Crippen LogP contribution in [0.5, 0.6) is 0 Å². The number of likely N-dealkylation sites (tertiary alicyclic amines) is 1. The predicted octanol–water partition coefficient (Wildman–Crippen LogP) is 5.03. The van der Waals surface area contributed by atoms with Crippen LogP contribution in [0.1, 0.15) is 50.6 Å². The van der Waals surface area contributed by atoms with Gasteiger partial charge in [0.05, 0.1) is 12.5 Å². The van der Waals surface area contributed by atoms with E-state index in [-0.39, 0.29) is 24.1 Å². The lowest BCUT2D eigenvalue weighted by Crippen LogP contribution is -2.57. The molecule has 0 bridgehead atoms. The highest BCUT2D eigenvalue weighted by molar-refractivity contribution is 8.01. The zero-order valence-electron chi connectivity index (χ0n) is 21.3. The molecule has 2 atom stereocenters. The molecule has 2 aromatic carbocycles. The largest absolute Gasteiger partial charge is 0.339 e. The molecule has 3 aliphatic rings. The molecule has 37 heavy (non-hydrogen) atoms. The van der Waals surface area contributed by atoms with Crippen LogP contribution in [0.15, 0.2) is 59.5 Å². The monoisotopic (exact) mass is 539 g/mol. The molecule has 0 aromatic heterocycles. The number of nitrogens with zero attached hydrogens (tertiary/aromatic N) is 3. The third-order valence-corrected chi connectivity index (χ3v) is 9.28. The van der Waals surface area contributed by atoms with Gasteiger partial charge in [-0.1, -0.05) is 48.9 Å². The lowest BCUT2D eigenvalue weighted by atomic mass is 9.90. The lowest BCUT2D eigenvalue weighted by molar-refractivity contribution is -0.141. The van der Waals surface area contributed by atoms with E-state index in [1.54, 1.807) is 0 Å². The average Bonchev–Trinajstić information content (AvgIpc) is 3.69. The summed E-state index contributed by atoms with van der Waals surface area (Å²) in [7, 11) is 0. The van der Waals surface area contributed by atoms with Crippen molar-refractivity contribution in [3.63, 3.8) is 0 Å². The topological polar surface area (TPSA) is 60.9 Å². The Bertz CT molecular complexity index is 1130. The van der Waals surface area contributed by atoms with Gasteiger partial charge in [-0.3, -0.25) is 14.4 Å². The first-order chi connectivity index (χ1) is 17.9. The SMILES string of the molecule is CCCC(=O)N1CCN(C(=O)C2(Sc3ccccc3)CC(=O)N(CC3CC3)C2c2ccc(Cl)cc2)CC1. The smallest absolute Gasteiger partial charge is 0.242 e. The number of carbonyl (C=O) groups excluding carboxylic acids is 3. The first-order valence-corrected chi connectivity index (χ1v) is 14.5. The second-order valence-electron chi connectivity index (χ2n) is 10.3. The lowest BCUT2D eigenvalue weighted by Gasteiger charge is -2.42. The van der Waals surface area contributed by atoms with Gasteiger partial charge in [0.1, 0.15) is 4.75 Å². The average molecular weight is 540 g/mol. The van der Waals surface area contributed by atoms with Gasteiger partial charge >= 0.3 is 0 Å². The summed E-state index contributed by atoms with van der Waals surface area (Å²) in [5, 5.41) is 0.627. The fraction of sp³-hybridized carbons (Fsp3) is 0.483. The fourth-order valence-corrected chi connectivity index (χ4v) is 7.15. The number of halogens is 1. The second-order valence-corrected chi connectivity index (χ2v) is 12.2. The number of amides is 3. The Kier molecular flexibility index (Phi) is 7.82. The van der Waals surface area contributed by atoms with Crippen LogP contribution in [0.25, 0.3) is 0 Å². The molecule has 5 rings (SSSR count). The van der Waals surface area contributed by atoms with Gasteiger partial charge in [-0.15, -0.1) is 11.8 Å². The molecule has 2 heterocycles. The highest BCUT2D eigenvalue weighted by Gasteiger charge is 2.59. The van der Waals surface area contributed by atoms with Crippen LogP contribution in [0.4, 0.5) is 0 Å². The first-order valence-electron chi connectivity index (χ1n) is 13.3. The minimum Gasteiger partial charge on any atom is -0.339 e. The molecule has 6 nitrogen and oxygen atoms in total. The van der Waals surface area contributed by atoms with Crippen LogP contribution in [0.2, 0.25) is 5.02 Å². The second kappa shape index (κ2) is 11.1. The van der Waals surface area contributed by atoms with E-state index < -0.39 is 10.8 Å². The number of hydrogen-bond acceptors (Lipinski definition) is 4. The van der Waals surface area contributed by atoms with E-state index in [0.717, 1.165) is 29.7 Å². The summed E-state index contributed by atoms with van der Waals surface area (Å²) in [5.74, 6) is 0.657. The number of thioether (sulfide) groups is 1. The Morgan fingerprint density at radius 1 is 0.973 bits per heavy atom. The molecule has 3 fully saturated rings. The maximum absolute atomic E-state index is 14.6. The molecule has 1 aliphatic carbocycles. The van der Waals surface area contributed by atoms with E-state index in [9.17, 15) is 14.4 Å². The van der Waals surface area contributed by atoms with Gasteiger partial charge in [0.15, 0.2) is 0 Å². The van der Waals surface area contributed by atoms with Crippen LogP contribution in [0, 0.1) is 5.92 Å². The highest BCUT2D eigenvalue weighted by atomic mass is 35.5. The van der Waals surface area contributed by atoms with Crippen molar-refractivity contribution in [3.8, 4) is 0 Å². The van der Waals surface area contributed by atoms with Gasteiger partial charge in [0.2, 0.25) is 17.7 Å². The fourth-order valence-electron chi connectivity index (χ4n) is 5.52. The summed E-state index contributed by atoms with van der Waals surface area (Å²) in [4.78, 5) is 47.3. The molecular formula is C29H34ClN3O3S. The van der Waals surface area contributed by atoms with Crippen molar-refractivity contribution in [1.82, 2.24) is 14.7 Å². The number of rotatable bonds is 8. The molecule has 2 aliphatic heterocycles. The third-order valence-electron chi connectivity index (χ3n) is 7.61. The number of carbonyl (C=O) groups is 3. The van der Waals surface area contributed by atoms with E-state index in [2.05, 4.69) is 0 Å². The maximum Gasteiger partial charge on any atom is 0.242 e. The van der Waals surface area contributed by atoms with Crippen molar-refractivity contribution in [1.29, 1.82) is 0 Å². The summed E-state index contributed by atoms with van der Waals surface area (Å²) < 4.78 is -1.00. The molecule has 0 N–H and O–H groups in total. The third kappa shape index (κ3) is 5.53. The van der Waals surface area contributed by atoms with Crippen LogP contribution in [0.3, 0.4) is 0 Å². The molecule has 0 radical (unpaired) electrons. The van der Waals surface area contributed by atoms with Crippen LogP contribution in [-0.4, -0.2) is 69.9 Å². The zero-order chi connectivity index (χ0) is 26.0. The standard InChI is InChI=1S/C29H34ClN3O3S/c1-2-6-25(34)31-15-17-32(18-16-31)28(36)29(37-24-7-4-3-5-8-24)19-26(35)33(20-21-9-10-21)27(29)22-11-13-23(30)14-12-22/h3-5,7-8,11-14,21,27H,2,6,9-10,15-20H2,1H3. The van der Waals surface area contributed by atoms with Crippen molar-refractivity contribution in [3.05, 3.63) is 65.2 Å². The maximum atomic E-state index is 14.6. The van der Waals surface area contributed by atoms with Crippen molar-refractivity contribution in [2.75, 3.05) is 32.7 Å². The van der Waals surface area contributed by atoms with E-state index in [1.807, 2.05) is 76.2 Å². The van der Waals surface area contributed by atoms with Crippen molar-refractivity contribution in [2.24, 2.45) is 5.92 Å². The predicted molar refractivity (Wildman–Crippen MR) is 146 cm³/mol. The Labute approximate surface area is 228 Å². The van der Waals surface area contributed by atoms with E-state index >= 15 is 0 Å². The Morgan fingerprint density at radius 2 is 1.62 bits per heavy atom. The van der Waals surface area contributed by atoms with E-state index in [1.165, 1.54) is 11.8 Å². The van der Waals surface area contributed by atoms with Crippen molar-refractivity contribution in [2.45, 2.75) is 54.7 Å². The quantitative estimate of drug-likeness (QED) is 0.472. The molecule has 196 valence electrons. The molecule has 8 heteroatoms. The molecular weight excluding hydrogens is 506 g/mol. The van der Waals surface area contributed by atoms with Gasteiger partial charge in [-0.05, 0) is 55.0 Å².